The number of hydrogen-bond donors (Lipinski definition) is 1. The van der Waals surface area contributed by atoms with Gasteiger partial charge in [-0.05, 0) is 49.2 Å². The molecule has 1 unspecified atom stereocenters. The number of pyridine rings is 1. The number of nitrogens with zero attached hydrogens (tertiary/aromatic N) is 4. The molecule has 164 valence electrons. The van der Waals surface area contributed by atoms with Gasteiger partial charge in [0.25, 0.3) is 0 Å². The summed E-state index contributed by atoms with van der Waals surface area (Å²) in [6.07, 6.45) is 1.72. The van der Waals surface area contributed by atoms with Crippen molar-refractivity contribution < 1.29 is 9.18 Å². The maximum atomic E-state index is 14.4. The van der Waals surface area contributed by atoms with Crippen molar-refractivity contribution >= 4 is 34.3 Å². The van der Waals surface area contributed by atoms with Crippen LogP contribution < -0.4 is 5.32 Å². The van der Waals surface area contributed by atoms with Crippen LogP contribution in [0.15, 0.2) is 66.0 Å². The van der Waals surface area contributed by atoms with Crippen LogP contribution in [0.2, 0.25) is 0 Å². The topological polar surface area (TPSA) is 72.7 Å². The number of anilines is 1. The maximum Gasteiger partial charge on any atom is 0.237 e. The number of amides is 1. The highest BCUT2D eigenvalue weighted by atomic mass is 32.2. The predicted molar refractivity (Wildman–Crippen MR) is 126 cm³/mol. The van der Waals surface area contributed by atoms with Crippen LogP contribution in [0.1, 0.15) is 20.8 Å². The van der Waals surface area contributed by atoms with Gasteiger partial charge in [0.15, 0.2) is 11.0 Å². The van der Waals surface area contributed by atoms with Gasteiger partial charge in [0, 0.05) is 18.1 Å². The average molecular weight is 450 g/mol. The monoisotopic (exact) mass is 449 g/mol. The fourth-order valence-corrected chi connectivity index (χ4v) is 4.26. The van der Waals surface area contributed by atoms with E-state index in [0.29, 0.717) is 34.7 Å². The number of nitrogens with one attached hydrogen (secondary N) is 1. The molecule has 1 N–H and O–H groups in total. The van der Waals surface area contributed by atoms with Crippen LogP contribution in [0.4, 0.5) is 10.1 Å². The summed E-state index contributed by atoms with van der Waals surface area (Å²) in [5.74, 6) is 0.255. The van der Waals surface area contributed by atoms with Crippen LogP contribution in [-0.2, 0) is 11.3 Å². The van der Waals surface area contributed by atoms with Crippen molar-refractivity contribution in [3.63, 3.8) is 0 Å². The van der Waals surface area contributed by atoms with Crippen LogP contribution in [0.5, 0.6) is 0 Å². The molecule has 0 bridgehead atoms. The van der Waals surface area contributed by atoms with E-state index in [-0.39, 0.29) is 11.7 Å². The number of thioether (sulfide) groups is 1. The predicted octanol–water partition coefficient (Wildman–Crippen LogP) is 5.41. The van der Waals surface area contributed by atoms with E-state index < -0.39 is 5.25 Å². The number of hydrogen-bond acceptors (Lipinski definition) is 5. The smallest absolute Gasteiger partial charge is 0.237 e. The molecular formula is C24H24FN5OS. The minimum atomic E-state index is -0.439. The zero-order chi connectivity index (χ0) is 22.7. The summed E-state index contributed by atoms with van der Waals surface area (Å²) in [7, 11) is 0. The Bertz CT molecular complexity index is 1250. The molecule has 0 saturated carbocycles. The Balaban J connectivity index is 1.58. The Hall–Kier alpha value is -3.26. The van der Waals surface area contributed by atoms with Crippen molar-refractivity contribution in [2.24, 2.45) is 5.92 Å². The minimum Gasteiger partial charge on any atom is -0.324 e. The van der Waals surface area contributed by atoms with E-state index in [1.807, 2.05) is 41.8 Å². The number of fused-ring (bicyclic) bond motifs is 1. The zero-order valence-corrected chi connectivity index (χ0v) is 18.9. The molecule has 2 aromatic heterocycles. The summed E-state index contributed by atoms with van der Waals surface area (Å²) in [6.45, 7) is 6.58. The lowest BCUT2D eigenvalue weighted by molar-refractivity contribution is -0.115. The highest BCUT2D eigenvalue weighted by Crippen LogP contribution is 2.30. The Morgan fingerprint density at radius 1 is 1.06 bits per heavy atom. The van der Waals surface area contributed by atoms with Gasteiger partial charge in [-0.3, -0.25) is 9.78 Å². The average Bonchev–Trinajstić information content (AvgIpc) is 3.15. The minimum absolute atomic E-state index is 0.155. The van der Waals surface area contributed by atoms with Gasteiger partial charge in [-0.15, -0.1) is 10.2 Å². The van der Waals surface area contributed by atoms with Gasteiger partial charge in [-0.1, -0.05) is 43.8 Å². The maximum absolute atomic E-state index is 14.4. The van der Waals surface area contributed by atoms with Crippen LogP contribution in [0.25, 0.3) is 22.3 Å². The van der Waals surface area contributed by atoms with Crippen LogP contribution in [-0.4, -0.2) is 30.9 Å². The van der Waals surface area contributed by atoms with Gasteiger partial charge in [-0.2, -0.15) is 0 Å². The number of carbonyl (C=O) groups is 1. The summed E-state index contributed by atoms with van der Waals surface area (Å²) in [5.41, 5.74) is 1.92. The van der Waals surface area contributed by atoms with Crippen LogP contribution in [0, 0.1) is 11.7 Å². The first-order valence-corrected chi connectivity index (χ1v) is 11.3. The molecule has 6 nitrogen and oxygen atoms in total. The first-order valence-electron chi connectivity index (χ1n) is 10.4. The molecule has 4 aromatic rings. The van der Waals surface area contributed by atoms with Crippen LogP contribution >= 0.6 is 11.8 Å². The quantitative estimate of drug-likeness (QED) is 0.382. The number of benzene rings is 2. The normalized spacial score (nSPS) is 12.3. The van der Waals surface area contributed by atoms with Gasteiger partial charge in [0.1, 0.15) is 5.82 Å². The summed E-state index contributed by atoms with van der Waals surface area (Å²) in [6, 6.07) is 15.9. The van der Waals surface area contributed by atoms with Gasteiger partial charge < -0.3 is 9.88 Å². The third kappa shape index (κ3) is 4.65. The molecule has 2 aromatic carbocycles. The van der Waals surface area contributed by atoms with E-state index in [2.05, 4.69) is 34.3 Å². The molecule has 0 fully saturated rings. The van der Waals surface area contributed by atoms with E-state index >= 15 is 0 Å². The molecule has 0 saturated heterocycles. The fraction of sp³-hybridized carbons (Fsp3) is 0.250. The standard InChI is InChI=1S/C24H24FN5OS/c1-15(2)14-30-22(17-8-4-5-10-19(17)25)28-29-24(30)32-16(3)23(31)27-21-12-6-11-20-18(21)9-7-13-26-20/h4-13,15-16H,14H2,1-3H3,(H,27,31). The summed E-state index contributed by atoms with van der Waals surface area (Å²) < 4.78 is 16.3. The molecule has 4 rings (SSSR count). The van der Waals surface area contributed by atoms with Gasteiger partial charge in [-0.25, -0.2) is 4.39 Å². The van der Waals surface area contributed by atoms with Crippen molar-refractivity contribution in [1.82, 2.24) is 19.7 Å². The summed E-state index contributed by atoms with van der Waals surface area (Å²) in [4.78, 5) is 17.3. The zero-order valence-electron chi connectivity index (χ0n) is 18.1. The first kappa shape index (κ1) is 22.0. The van der Waals surface area contributed by atoms with Crippen molar-refractivity contribution in [2.75, 3.05) is 5.32 Å². The largest absolute Gasteiger partial charge is 0.324 e. The van der Waals surface area contributed by atoms with Crippen molar-refractivity contribution in [1.29, 1.82) is 0 Å². The summed E-state index contributed by atoms with van der Waals surface area (Å²) >= 11 is 1.31. The van der Waals surface area contributed by atoms with Crippen molar-refractivity contribution in [3.05, 3.63) is 66.6 Å². The third-order valence-corrected chi connectivity index (χ3v) is 6.01. The molecule has 32 heavy (non-hydrogen) atoms. The number of aromatic nitrogens is 4. The van der Waals surface area contributed by atoms with Crippen molar-refractivity contribution in [2.45, 2.75) is 37.7 Å². The van der Waals surface area contributed by atoms with Gasteiger partial charge >= 0.3 is 0 Å². The van der Waals surface area contributed by atoms with E-state index in [1.54, 1.807) is 24.4 Å². The van der Waals surface area contributed by atoms with Crippen molar-refractivity contribution in [3.8, 4) is 11.4 Å². The second-order valence-corrected chi connectivity index (χ2v) is 9.22. The number of halogens is 1. The molecule has 1 atom stereocenters. The Morgan fingerprint density at radius 3 is 2.66 bits per heavy atom. The fourth-order valence-electron chi connectivity index (χ4n) is 3.41. The van der Waals surface area contributed by atoms with Gasteiger partial charge in [0.2, 0.25) is 5.91 Å². The molecular weight excluding hydrogens is 425 g/mol. The first-order chi connectivity index (χ1) is 15.4. The van der Waals surface area contributed by atoms with E-state index in [4.69, 9.17) is 0 Å². The summed E-state index contributed by atoms with van der Waals surface area (Å²) in [5, 5.41) is 12.6. The molecule has 1 amide bonds. The lowest BCUT2D eigenvalue weighted by Crippen LogP contribution is -2.23. The lowest BCUT2D eigenvalue weighted by atomic mass is 10.2. The Kier molecular flexibility index (Phi) is 6.50. The molecule has 2 heterocycles. The molecule has 0 aliphatic rings. The van der Waals surface area contributed by atoms with Crippen LogP contribution in [0.3, 0.4) is 0 Å². The molecule has 0 radical (unpaired) electrons. The van der Waals surface area contributed by atoms with E-state index in [0.717, 1.165) is 10.9 Å². The van der Waals surface area contributed by atoms with E-state index in [1.165, 1.54) is 17.8 Å². The highest BCUT2D eigenvalue weighted by molar-refractivity contribution is 8.00. The number of rotatable bonds is 7. The molecule has 0 aliphatic heterocycles. The molecule has 0 spiro atoms. The second-order valence-electron chi connectivity index (χ2n) is 7.92. The Morgan fingerprint density at radius 2 is 1.88 bits per heavy atom. The highest BCUT2D eigenvalue weighted by Gasteiger charge is 2.23. The third-order valence-electron chi connectivity index (χ3n) is 4.93. The SMILES string of the molecule is CC(C)Cn1c(SC(C)C(=O)Nc2cccc3ncccc23)nnc1-c1ccccc1F. The second kappa shape index (κ2) is 9.48. The lowest BCUT2D eigenvalue weighted by Gasteiger charge is -2.16. The molecule has 8 heteroatoms. The van der Waals surface area contributed by atoms with Gasteiger partial charge in [0.05, 0.1) is 22.0 Å². The van der Waals surface area contributed by atoms with E-state index in [9.17, 15) is 9.18 Å². The molecule has 0 aliphatic carbocycles. The Labute approximate surface area is 190 Å². The number of carbonyl (C=O) groups excluding carboxylic acids is 1.